The number of nitrogens with zero attached hydrogens (tertiary/aromatic N) is 4. The van der Waals surface area contributed by atoms with Crippen LogP contribution in [0.5, 0.6) is 0 Å². The van der Waals surface area contributed by atoms with E-state index in [0.717, 1.165) is 16.3 Å². The minimum absolute atomic E-state index is 0.0286. The fourth-order valence-corrected chi connectivity index (χ4v) is 3.85. The van der Waals surface area contributed by atoms with Gasteiger partial charge in [0, 0.05) is 36.5 Å². The Kier molecular flexibility index (Phi) is 5.24. The molecule has 3 heterocycles. The molecule has 1 amide bonds. The summed E-state index contributed by atoms with van der Waals surface area (Å²) in [5.41, 5.74) is 2.21. The zero-order chi connectivity index (χ0) is 18.0. The number of carbonyl (C=O) groups excluding carboxylic acids is 1. The van der Waals surface area contributed by atoms with Gasteiger partial charge < -0.3 is 9.64 Å². The van der Waals surface area contributed by atoms with E-state index in [9.17, 15) is 4.79 Å². The first-order chi connectivity index (χ1) is 11.8. The van der Waals surface area contributed by atoms with Crippen LogP contribution in [0.25, 0.3) is 0 Å². The fraction of sp³-hybridized carbons (Fsp3) is 0.611. The summed E-state index contributed by atoms with van der Waals surface area (Å²) in [6, 6.07) is 0. The second kappa shape index (κ2) is 7.25. The number of amides is 1. The molecule has 0 saturated carbocycles. The van der Waals surface area contributed by atoms with Gasteiger partial charge in [-0.1, -0.05) is 20.8 Å². The van der Waals surface area contributed by atoms with Gasteiger partial charge in [-0.25, -0.2) is 4.98 Å². The van der Waals surface area contributed by atoms with Crippen molar-refractivity contribution in [3.05, 3.63) is 34.0 Å². The van der Waals surface area contributed by atoms with Crippen molar-refractivity contribution in [1.82, 2.24) is 19.7 Å². The van der Waals surface area contributed by atoms with Crippen LogP contribution >= 0.6 is 11.3 Å². The van der Waals surface area contributed by atoms with Crippen LogP contribution < -0.4 is 0 Å². The smallest absolute Gasteiger partial charge is 0.224 e. The van der Waals surface area contributed by atoms with Crippen molar-refractivity contribution in [3.63, 3.8) is 0 Å². The molecule has 1 unspecified atom stereocenters. The second-order valence-electron chi connectivity index (χ2n) is 7.55. The van der Waals surface area contributed by atoms with Crippen LogP contribution in [0.2, 0.25) is 0 Å². The summed E-state index contributed by atoms with van der Waals surface area (Å²) in [4.78, 5) is 19.2. The van der Waals surface area contributed by atoms with E-state index in [-0.39, 0.29) is 17.4 Å². The summed E-state index contributed by atoms with van der Waals surface area (Å²) in [6.45, 7) is 10.8. The van der Waals surface area contributed by atoms with Gasteiger partial charge in [-0.3, -0.25) is 9.48 Å². The Morgan fingerprint density at radius 2 is 2.24 bits per heavy atom. The van der Waals surface area contributed by atoms with Crippen molar-refractivity contribution in [2.75, 3.05) is 19.7 Å². The first kappa shape index (κ1) is 18.1. The second-order valence-corrected chi connectivity index (χ2v) is 8.44. The van der Waals surface area contributed by atoms with E-state index < -0.39 is 0 Å². The van der Waals surface area contributed by atoms with E-state index in [2.05, 4.69) is 31.2 Å². The normalized spacial score (nSPS) is 18.6. The molecule has 3 rings (SSSR count). The Morgan fingerprint density at radius 3 is 2.88 bits per heavy atom. The average Bonchev–Trinajstić information content (AvgIpc) is 3.21. The third kappa shape index (κ3) is 4.46. The van der Waals surface area contributed by atoms with Crippen LogP contribution in [0, 0.1) is 6.92 Å². The lowest BCUT2D eigenvalue weighted by molar-refractivity contribution is -0.139. The number of aromatic nitrogens is 3. The maximum absolute atomic E-state index is 12.5. The van der Waals surface area contributed by atoms with Gasteiger partial charge in [0.15, 0.2) is 0 Å². The molecule has 1 atom stereocenters. The van der Waals surface area contributed by atoms with Gasteiger partial charge >= 0.3 is 0 Å². The Bertz CT molecular complexity index is 732. The highest BCUT2D eigenvalue weighted by atomic mass is 32.1. The van der Waals surface area contributed by atoms with Crippen molar-refractivity contribution in [2.45, 2.75) is 52.2 Å². The summed E-state index contributed by atoms with van der Waals surface area (Å²) in [5.74, 6) is 0.147. The zero-order valence-corrected chi connectivity index (χ0v) is 16.2. The van der Waals surface area contributed by atoms with Gasteiger partial charge in [0.2, 0.25) is 5.91 Å². The number of hydrogen-bond donors (Lipinski definition) is 0. The summed E-state index contributed by atoms with van der Waals surface area (Å²) in [6.07, 6.45) is 4.10. The van der Waals surface area contributed by atoms with E-state index >= 15 is 0 Å². The molecule has 0 bridgehead atoms. The maximum atomic E-state index is 12.5. The first-order valence-corrected chi connectivity index (χ1v) is 9.55. The number of morpholine rings is 1. The third-order valence-electron chi connectivity index (χ3n) is 4.30. The van der Waals surface area contributed by atoms with E-state index in [1.54, 1.807) is 11.3 Å². The van der Waals surface area contributed by atoms with Gasteiger partial charge in [-0.05, 0) is 12.5 Å². The quantitative estimate of drug-likeness (QED) is 0.839. The van der Waals surface area contributed by atoms with Crippen molar-refractivity contribution in [3.8, 4) is 0 Å². The number of thiazole rings is 1. The van der Waals surface area contributed by atoms with Gasteiger partial charge in [0.05, 0.1) is 25.0 Å². The SMILES string of the molecule is Cc1cnn(CCC(=O)N2CCOC(c3nc(C(C)(C)C)cs3)C2)c1. The standard InChI is InChI=1S/C18H26N4O2S/c1-13-9-19-22(10-13)6-5-16(23)21-7-8-24-14(11-21)17-20-15(12-25-17)18(2,3)4/h9-10,12,14H,5-8,11H2,1-4H3. The fourth-order valence-electron chi connectivity index (χ4n) is 2.76. The lowest BCUT2D eigenvalue weighted by Crippen LogP contribution is -2.42. The highest BCUT2D eigenvalue weighted by Crippen LogP contribution is 2.30. The summed E-state index contributed by atoms with van der Waals surface area (Å²) >= 11 is 1.62. The molecule has 0 aromatic carbocycles. The maximum Gasteiger partial charge on any atom is 0.224 e. The van der Waals surface area contributed by atoms with E-state index in [1.165, 1.54) is 0 Å². The average molecular weight is 362 g/mol. The zero-order valence-electron chi connectivity index (χ0n) is 15.4. The van der Waals surface area contributed by atoms with E-state index in [4.69, 9.17) is 9.72 Å². The predicted molar refractivity (Wildman–Crippen MR) is 97.7 cm³/mol. The molecule has 2 aromatic heterocycles. The highest BCUT2D eigenvalue weighted by molar-refractivity contribution is 7.09. The molecule has 1 fully saturated rings. The predicted octanol–water partition coefficient (Wildman–Crippen LogP) is 2.94. The first-order valence-electron chi connectivity index (χ1n) is 8.67. The van der Waals surface area contributed by atoms with Crippen molar-refractivity contribution in [1.29, 1.82) is 0 Å². The molecule has 0 N–H and O–H groups in total. The van der Waals surface area contributed by atoms with Crippen molar-refractivity contribution >= 4 is 17.2 Å². The minimum Gasteiger partial charge on any atom is -0.367 e. The Labute approximate surface area is 152 Å². The molecule has 0 spiro atoms. The number of hydrogen-bond acceptors (Lipinski definition) is 5. The number of aryl methyl sites for hydroxylation is 2. The molecule has 1 aliphatic heterocycles. The van der Waals surface area contributed by atoms with E-state index in [1.807, 2.05) is 28.9 Å². The largest absolute Gasteiger partial charge is 0.367 e. The number of rotatable bonds is 4. The van der Waals surface area contributed by atoms with Gasteiger partial charge in [-0.2, -0.15) is 5.10 Å². The van der Waals surface area contributed by atoms with Crippen molar-refractivity contribution in [2.24, 2.45) is 0 Å². The summed E-state index contributed by atoms with van der Waals surface area (Å²) in [5, 5.41) is 7.29. The van der Waals surface area contributed by atoms with E-state index in [0.29, 0.717) is 32.7 Å². The number of ether oxygens (including phenoxy) is 1. The van der Waals surface area contributed by atoms with Crippen LogP contribution in [0.3, 0.4) is 0 Å². The monoisotopic (exact) mass is 362 g/mol. The molecule has 1 aliphatic rings. The Morgan fingerprint density at radius 1 is 1.44 bits per heavy atom. The van der Waals surface area contributed by atoms with Crippen LogP contribution in [0.15, 0.2) is 17.8 Å². The van der Waals surface area contributed by atoms with Gasteiger partial charge in [-0.15, -0.1) is 11.3 Å². The minimum atomic E-state index is -0.120. The molecule has 136 valence electrons. The molecule has 0 aliphatic carbocycles. The van der Waals surface area contributed by atoms with Gasteiger partial charge in [0.25, 0.3) is 0 Å². The molecule has 6 nitrogen and oxygen atoms in total. The molecule has 2 aromatic rings. The lowest BCUT2D eigenvalue weighted by atomic mass is 9.93. The van der Waals surface area contributed by atoms with Crippen molar-refractivity contribution < 1.29 is 9.53 Å². The summed E-state index contributed by atoms with van der Waals surface area (Å²) in [7, 11) is 0. The highest BCUT2D eigenvalue weighted by Gasteiger charge is 2.28. The topological polar surface area (TPSA) is 60.2 Å². The summed E-state index contributed by atoms with van der Waals surface area (Å²) < 4.78 is 7.69. The molecular weight excluding hydrogens is 336 g/mol. The Hall–Kier alpha value is -1.73. The number of carbonyl (C=O) groups is 1. The van der Waals surface area contributed by atoms with Gasteiger partial charge in [0.1, 0.15) is 11.1 Å². The molecular formula is C18H26N4O2S. The molecule has 0 radical (unpaired) electrons. The lowest BCUT2D eigenvalue weighted by Gasteiger charge is -2.32. The van der Waals surface area contributed by atoms with Crippen LogP contribution in [-0.4, -0.2) is 45.3 Å². The Balaban J connectivity index is 1.58. The third-order valence-corrected chi connectivity index (χ3v) is 5.24. The van der Waals surface area contributed by atoms with Crippen LogP contribution in [0.1, 0.15) is 49.6 Å². The molecule has 25 heavy (non-hydrogen) atoms. The van der Waals surface area contributed by atoms with Crippen LogP contribution in [0.4, 0.5) is 0 Å². The van der Waals surface area contributed by atoms with Crippen LogP contribution in [-0.2, 0) is 21.5 Å². The molecule has 7 heteroatoms. The molecule has 1 saturated heterocycles.